The molecule has 0 unspecified atom stereocenters. The second-order valence-corrected chi connectivity index (χ2v) is 9.76. The van der Waals surface area contributed by atoms with E-state index < -0.39 is 33.2 Å². The normalized spacial score (nSPS) is 13.8. The monoisotopic (exact) mass is 533 g/mol. The zero-order valence-corrected chi connectivity index (χ0v) is 19.9. The van der Waals surface area contributed by atoms with E-state index in [0.29, 0.717) is 17.3 Å². The van der Waals surface area contributed by atoms with E-state index in [-0.39, 0.29) is 48.0 Å². The van der Waals surface area contributed by atoms with E-state index in [1.807, 2.05) is 0 Å². The summed E-state index contributed by atoms with van der Waals surface area (Å²) in [4.78, 5) is 16.6. The topological polar surface area (TPSA) is 120 Å². The van der Waals surface area contributed by atoms with Gasteiger partial charge in [0, 0.05) is 49.0 Å². The molecule has 0 spiro atoms. The van der Waals surface area contributed by atoms with E-state index >= 15 is 4.39 Å². The number of anilines is 1. The van der Waals surface area contributed by atoms with Crippen molar-refractivity contribution < 1.29 is 30.8 Å². The Bertz CT molecular complexity index is 1640. The van der Waals surface area contributed by atoms with Crippen molar-refractivity contribution in [2.24, 2.45) is 0 Å². The smallest absolute Gasteiger partial charge is 0.304 e. The molecule has 1 N–H and O–H groups in total. The lowest BCUT2D eigenvalue weighted by atomic mass is 10.0. The molecule has 192 valence electrons. The molecule has 10 nitrogen and oxygen atoms in total. The Kier molecular flexibility index (Phi) is 6.21. The predicted molar refractivity (Wildman–Crippen MR) is 125 cm³/mol. The number of pyridine rings is 1. The summed E-state index contributed by atoms with van der Waals surface area (Å²) in [6.45, 7) is -0.0939. The van der Waals surface area contributed by atoms with Gasteiger partial charge in [-0.25, -0.2) is 17.9 Å². The van der Waals surface area contributed by atoms with Crippen molar-refractivity contribution in [1.82, 2.24) is 19.0 Å². The number of ether oxygens (including phenoxy) is 1. The van der Waals surface area contributed by atoms with E-state index in [9.17, 15) is 22.0 Å². The van der Waals surface area contributed by atoms with E-state index in [2.05, 4.69) is 19.4 Å². The lowest BCUT2D eigenvalue weighted by molar-refractivity contribution is 0.384. The number of aromatic nitrogens is 3. The summed E-state index contributed by atoms with van der Waals surface area (Å²) in [6.07, 6.45) is 1.09. The van der Waals surface area contributed by atoms with Gasteiger partial charge < -0.3 is 9.26 Å². The van der Waals surface area contributed by atoms with Crippen molar-refractivity contribution in [3.63, 3.8) is 0 Å². The van der Waals surface area contributed by atoms with E-state index in [0.717, 1.165) is 28.9 Å². The van der Waals surface area contributed by atoms with Crippen LogP contribution in [-0.4, -0.2) is 41.1 Å². The molecule has 0 bridgehead atoms. The van der Waals surface area contributed by atoms with Gasteiger partial charge in [-0.15, -0.1) is 0 Å². The maximum absolute atomic E-state index is 15.2. The van der Waals surface area contributed by atoms with Gasteiger partial charge >= 0.3 is 10.2 Å². The van der Waals surface area contributed by atoms with Crippen molar-refractivity contribution in [2.75, 3.05) is 18.4 Å². The van der Waals surface area contributed by atoms with Gasteiger partial charge in [-0.05, 0) is 34.5 Å². The average molecular weight is 533 g/mol. The minimum Gasteiger partial charge on any atom is -0.495 e. The first-order chi connectivity index (χ1) is 17.7. The van der Waals surface area contributed by atoms with Crippen molar-refractivity contribution >= 4 is 16.2 Å². The summed E-state index contributed by atoms with van der Waals surface area (Å²) in [7, 11) is -2.72. The molecule has 0 fully saturated rings. The van der Waals surface area contributed by atoms with Crippen LogP contribution in [0.2, 0.25) is 0 Å². The van der Waals surface area contributed by atoms with Crippen molar-refractivity contribution in [3.05, 3.63) is 87.9 Å². The molecule has 37 heavy (non-hydrogen) atoms. The van der Waals surface area contributed by atoms with Gasteiger partial charge in [-0.2, -0.15) is 17.7 Å². The van der Waals surface area contributed by atoms with Gasteiger partial charge in [-0.1, -0.05) is 6.07 Å². The van der Waals surface area contributed by atoms with Gasteiger partial charge in [0.15, 0.2) is 0 Å². The maximum Gasteiger partial charge on any atom is 0.304 e. The van der Waals surface area contributed by atoms with Gasteiger partial charge in [-0.3, -0.25) is 9.36 Å². The molecule has 5 rings (SSSR count). The lowest BCUT2D eigenvalue weighted by Gasteiger charge is -2.29. The molecule has 0 saturated carbocycles. The van der Waals surface area contributed by atoms with Crippen molar-refractivity contribution in [1.29, 1.82) is 0 Å². The van der Waals surface area contributed by atoms with Gasteiger partial charge in [0.1, 0.15) is 23.2 Å². The Hall–Kier alpha value is -4.17. The number of methoxy groups -OCH3 is 1. The summed E-state index contributed by atoms with van der Waals surface area (Å²) in [5, 5.41) is 3.43. The second kappa shape index (κ2) is 9.37. The Labute approximate surface area is 208 Å². The fourth-order valence-electron chi connectivity index (χ4n) is 4.21. The fraction of sp³-hybridized carbons (Fsp3) is 0.174. The molecule has 0 saturated heterocycles. The minimum absolute atomic E-state index is 0.00487. The fourth-order valence-corrected chi connectivity index (χ4v) is 5.30. The first-order valence-electron chi connectivity index (χ1n) is 10.8. The van der Waals surface area contributed by atoms with Gasteiger partial charge in [0.2, 0.25) is 6.39 Å². The number of nitrogens with one attached hydrogen (secondary N) is 1. The first-order valence-corrected chi connectivity index (χ1v) is 12.2. The summed E-state index contributed by atoms with van der Waals surface area (Å²) >= 11 is 0. The van der Waals surface area contributed by atoms with Crippen LogP contribution in [0.1, 0.15) is 11.3 Å². The van der Waals surface area contributed by atoms with Crippen LogP contribution in [0.5, 0.6) is 5.75 Å². The number of nitrogens with zero attached hydrogens (tertiary/aromatic N) is 4. The highest BCUT2D eigenvalue weighted by molar-refractivity contribution is 7.90. The highest BCUT2D eigenvalue weighted by Gasteiger charge is 2.30. The minimum atomic E-state index is -4.03. The number of hydrogen-bond acceptors (Lipinski definition) is 7. The Balaban J connectivity index is 1.55. The third kappa shape index (κ3) is 4.68. The van der Waals surface area contributed by atoms with Crippen LogP contribution in [0.15, 0.2) is 58.2 Å². The molecule has 0 amide bonds. The van der Waals surface area contributed by atoms with E-state index in [4.69, 9.17) is 4.74 Å². The van der Waals surface area contributed by atoms with Gasteiger partial charge in [0.05, 0.1) is 12.8 Å². The highest BCUT2D eigenvalue weighted by atomic mass is 32.2. The van der Waals surface area contributed by atoms with Crippen LogP contribution in [0.3, 0.4) is 0 Å². The summed E-state index contributed by atoms with van der Waals surface area (Å²) in [6, 6.07) is 7.65. The Morgan fingerprint density at radius 2 is 1.84 bits per heavy atom. The molecule has 14 heteroatoms. The quantitative estimate of drug-likeness (QED) is 0.405. The van der Waals surface area contributed by atoms with Crippen LogP contribution < -0.4 is 15.0 Å². The molecule has 4 aromatic rings. The van der Waals surface area contributed by atoms with Crippen molar-refractivity contribution in [3.8, 4) is 22.6 Å². The summed E-state index contributed by atoms with van der Waals surface area (Å²) in [5.41, 5.74) is 0.355. The Morgan fingerprint density at radius 1 is 1.08 bits per heavy atom. The average Bonchev–Trinajstić information content (AvgIpc) is 3.35. The zero-order chi connectivity index (χ0) is 26.3. The molecular weight excluding hydrogens is 515 g/mol. The summed E-state index contributed by atoms with van der Waals surface area (Å²) in [5.74, 6) is -2.74. The van der Waals surface area contributed by atoms with Crippen LogP contribution in [0, 0.1) is 17.5 Å². The molecule has 0 aliphatic carbocycles. The molecule has 2 aromatic heterocycles. The lowest BCUT2D eigenvalue weighted by Crippen LogP contribution is -2.41. The number of benzene rings is 2. The van der Waals surface area contributed by atoms with Crippen molar-refractivity contribution in [2.45, 2.75) is 13.0 Å². The second-order valence-electron chi connectivity index (χ2n) is 8.09. The van der Waals surface area contributed by atoms with Gasteiger partial charge in [0.25, 0.3) is 11.5 Å². The number of halogens is 3. The largest absolute Gasteiger partial charge is 0.495 e. The first kappa shape index (κ1) is 24.5. The number of hydrogen-bond donors (Lipinski definition) is 1. The molecule has 0 atom stereocenters. The number of rotatable bonds is 6. The zero-order valence-electron chi connectivity index (χ0n) is 19.1. The predicted octanol–water partition coefficient (Wildman–Crippen LogP) is 3.03. The summed E-state index contributed by atoms with van der Waals surface area (Å²) < 4.78 is 82.7. The molecule has 1 aliphatic rings. The molecule has 1 aliphatic heterocycles. The number of fused-ring (bicyclic) bond motifs is 1. The maximum atomic E-state index is 15.2. The standard InChI is InChI=1S/C23H18F3N5O5S/c1-35-21-9-17(14-6-15(24)8-16(25)7-14)18(26)10-20(21)31-19-4-5-30(11-13(19)2-3-22(31)32)37(33,34)29-23-27-12-36-28-23/h2-3,6-10,12H,4-5,11H2,1H3,(H,28,29). The molecule has 2 aromatic carbocycles. The highest BCUT2D eigenvalue weighted by Crippen LogP contribution is 2.34. The van der Waals surface area contributed by atoms with Crippen LogP contribution in [-0.2, 0) is 23.2 Å². The van der Waals surface area contributed by atoms with Crippen LogP contribution in [0.4, 0.5) is 19.1 Å². The Morgan fingerprint density at radius 3 is 2.51 bits per heavy atom. The molecule has 0 radical (unpaired) electrons. The third-order valence-corrected chi connectivity index (χ3v) is 7.27. The van der Waals surface area contributed by atoms with E-state index in [1.165, 1.54) is 29.9 Å². The van der Waals surface area contributed by atoms with Crippen LogP contribution in [0.25, 0.3) is 16.8 Å². The van der Waals surface area contributed by atoms with Crippen LogP contribution >= 0.6 is 0 Å². The molecular formula is C23H18F3N5O5S. The van der Waals surface area contributed by atoms with E-state index in [1.54, 1.807) is 0 Å². The SMILES string of the molecule is COc1cc(-c2cc(F)cc(F)c2)c(F)cc1-n1c2c(ccc1=O)CN(S(=O)(=O)Nc1ncon1)CC2. The molecule has 3 heterocycles. The third-order valence-electron chi connectivity index (χ3n) is 5.84.